The number of benzene rings is 2. The van der Waals surface area contributed by atoms with Gasteiger partial charge in [-0.25, -0.2) is 0 Å². The van der Waals surface area contributed by atoms with Crippen molar-refractivity contribution in [2.45, 2.75) is 32.6 Å². The van der Waals surface area contributed by atoms with Crippen LogP contribution in [0.1, 0.15) is 29.5 Å². The molecule has 1 aliphatic carbocycles. The minimum absolute atomic E-state index is 0.0840. The molecule has 0 spiro atoms. The number of aromatic nitrogens is 1. The van der Waals surface area contributed by atoms with Gasteiger partial charge in [0.05, 0.1) is 4.92 Å². The number of hydrogen-bond donors (Lipinski definition) is 0. The summed E-state index contributed by atoms with van der Waals surface area (Å²) >= 11 is 0. The highest BCUT2D eigenvalue weighted by Crippen LogP contribution is 2.38. The number of hydrogen-bond acceptors (Lipinski definition) is 4. The summed E-state index contributed by atoms with van der Waals surface area (Å²) in [6.45, 7) is 1.87. The third-order valence-corrected chi connectivity index (χ3v) is 5.53. The lowest BCUT2D eigenvalue weighted by Gasteiger charge is -2.14. The van der Waals surface area contributed by atoms with Crippen LogP contribution in [0.2, 0.25) is 0 Å². The first-order valence-electron chi connectivity index (χ1n) is 9.20. The van der Waals surface area contributed by atoms with Gasteiger partial charge < -0.3 is 4.42 Å². The monoisotopic (exact) mass is 358 g/mol. The molecule has 134 valence electrons. The van der Waals surface area contributed by atoms with Gasteiger partial charge >= 0.3 is 0 Å². The Hall–Kier alpha value is -3.21. The lowest BCUT2D eigenvalue weighted by atomic mass is 9.90. The molecule has 0 saturated carbocycles. The topological polar surface area (TPSA) is 69.2 Å². The van der Waals surface area contributed by atoms with Crippen LogP contribution < -0.4 is 0 Å². The molecule has 0 radical (unpaired) electrons. The van der Waals surface area contributed by atoms with Crippen molar-refractivity contribution in [3.63, 3.8) is 0 Å². The van der Waals surface area contributed by atoms with E-state index in [0.717, 1.165) is 51.6 Å². The highest BCUT2D eigenvalue weighted by molar-refractivity contribution is 6.09. The number of fused-ring (bicyclic) bond motifs is 4. The van der Waals surface area contributed by atoms with Gasteiger partial charge in [0.1, 0.15) is 11.3 Å². The summed E-state index contributed by atoms with van der Waals surface area (Å²) in [5.74, 6) is 0. The first kappa shape index (κ1) is 16.0. The molecule has 0 bridgehead atoms. The Morgan fingerprint density at radius 3 is 2.56 bits per heavy atom. The first-order chi connectivity index (χ1) is 13.1. The number of pyridine rings is 1. The van der Waals surface area contributed by atoms with Gasteiger partial charge in [-0.3, -0.25) is 15.1 Å². The van der Waals surface area contributed by atoms with E-state index in [2.05, 4.69) is 17.1 Å². The Morgan fingerprint density at radius 2 is 1.81 bits per heavy atom. The summed E-state index contributed by atoms with van der Waals surface area (Å²) in [6, 6.07) is 11.3. The maximum absolute atomic E-state index is 11.0. The summed E-state index contributed by atoms with van der Waals surface area (Å²) in [5, 5.41) is 13.2. The largest absolute Gasteiger partial charge is 0.454 e. The molecule has 5 nitrogen and oxygen atoms in total. The SMILES string of the molecule is Cc1cc([N+](=O)[O-])ccc1-c1nccc2c1oc1cc3c(cc12)CCCC3. The molecule has 0 aliphatic heterocycles. The molecule has 0 N–H and O–H groups in total. The zero-order chi connectivity index (χ0) is 18.5. The van der Waals surface area contributed by atoms with E-state index in [1.165, 1.54) is 30.0 Å². The molecule has 2 aromatic carbocycles. The molecule has 5 rings (SSSR count). The molecule has 5 heteroatoms. The summed E-state index contributed by atoms with van der Waals surface area (Å²) in [7, 11) is 0. The quantitative estimate of drug-likeness (QED) is 0.338. The number of nitro groups is 1. The van der Waals surface area contributed by atoms with E-state index < -0.39 is 0 Å². The van der Waals surface area contributed by atoms with Crippen molar-refractivity contribution >= 4 is 27.6 Å². The van der Waals surface area contributed by atoms with Crippen LogP contribution in [0.4, 0.5) is 5.69 Å². The third-order valence-electron chi connectivity index (χ3n) is 5.53. The molecule has 0 unspecified atom stereocenters. The molecule has 1 aliphatic rings. The molecule has 2 aromatic heterocycles. The van der Waals surface area contributed by atoms with Crippen LogP contribution in [0, 0.1) is 17.0 Å². The van der Waals surface area contributed by atoms with Crippen molar-refractivity contribution in [3.8, 4) is 11.3 Å². The fourth-order valence-electron chi connectivity index (χ4n) is 4.15. The van der Waals surface area contributed by atoms with Gasteiger partial charge in [0.15, 0.2) is 5.58 Å². The fourth-order valence-corrected chi connectivity index (χ4v) is 4.15. The second-order valence-corrected chi connectivity index (χ2v) is 7.22. The number of non-ortho nitro benzene ring substituents is 1. The molecule has 0 atom stereocenters. The van der Waals surface area contributed by atoms with E-state index in [0.29, 0.717) is 0 Å². The minimum Gasteiger partial charge on any atom is -0.454 e. The number of furan rings is 1. The summed E-state index contributed by atoms with van der Waals surface area (Å²) in [5.41, 5.74) is 6.91. The van der Waals surface area contributed by atoms with Crippen LogP contribution in [0.5, 0.6) is 0 Å². The Bertz CT molecular complexity index is 1220. The van der Waals surface area contributed by atoms with Crippen LogP contribution in [0.3, 0.4) is 0 Å². The Labute approximate surface area is 155 Å². The Kier molecular flexibility index (Phi) is 3.50. The molecule has 0 fully saturated rings. The lowest BCUT2D eigenvalue weighted by Crippen LogP contribution is -2.01. The second kappa shape index (κ2) is 5.91. The van der Waals surface area contributed by atoms with Gasteiger partial charge in [0.25, 0.3) is 5.69 Å². The third kappa shape index (κ3) is 2.50. The Balaban J connectivity index is 1.75. The predicted molar refractivity (Wildman–Crippen MR) is 105 cm³/mol. The van der Waals surface area contributed by atoms with Gasteiger partial charge in [0.2, 0.25) is 0 Å². The standard InChI is InChI=1S/C22H18N2O3/c1-13-10-16(24(25)26)6-7-17(13)21-22-18(8-9-23-21)19-11-14-4-2-3-5-15(14)12-20(19)27-22/h6-12H,2-5H2,1H3. The molecular weight excluding hydrogens is 340 g/mol. The molecule has 27 heavy (non-hydrogen) atoms. The highest BCUT2D eigenvalue weighted by Gasteiger charge is 2.19. The van der Waals surface area contributed by atoms with Crippen molar-refractivity contribution in [3.05, 3.63) is 69.4 Å². The normalized spacial score (nSPS) is 13.8. The van der Waals surface area contributed by atoms with Gasteiger partial charge in [-0.1, -0.05) is 0 Å². The van der Waals surface area contributed by atoms with Crippen LogP contribution >= 0.6 is 0 Å². The van der Waals surface area contributed by atoms with Crippen LogP contribution in [-0.2, 0) is 12.8 Å². The van der Waals surface area contributed by atoms with E-state index >= 15 is 0 Å². The fraction of sp³-hybridized carbons (Fsp3) is 0.227. The van der Waals surface area contributed by atoms with Gasteiger partial charge in [-0.05, 0) is 73.6 Å². The van der Waals surface area contributed by atoms with Crippen molar-refractivity contribution in [1.29, 1.82) is 0 Å². The van der Waals surface area contributed by atoms with Crippen molar-refractivity contribution in [2.75, 3.05) is 0 Å². The van der Waals surface area contributed by atoms with E-state index in [4.69, 9.17) is 4.42 Å². The number of aryl methyl sites for hydroxylation is 3. The summed E-state index contributed by atoms with van der Waals surface area (Å²) < 4.78 is 6.24. The predicted octanol–water partition coefficient (Wildman–Crippen LogP) is 5.74. The first-order valence-corrected chi connectivity index (χ1v) is 9.20. The minimum atomic E-state index is -0.378. The average Bonchev–Trinajstić information content (AvgIpc) is 3.03. The Morgan fingerprint density at radius 1 is 1.04 bits per heavy atom. The average molecular weight is 358 g/mol. The molecular formula is C22H18N2O3. The van der Waals surface area contributed by atoms with E-state index in [1.54, 1.807) is 18.3 Å². The summed E-state index contributed by atoms with van der Waals surface area (Å²) in [4.78, 5) is 15.2. The van der Waals surface area contributed by atoms with Crippen molar-refractivity contribution < 1.29 is 9.34 Å². The molecule has 2 heterocycles. The van der Waals surface area contributed by atoms with Crippen molar-refractivity contribution in [2.24, 2.45) is 0 Å². The van der Waals surface area contributed by atoms with Crippen LogP contribution in [0.25, 0.3) is 33.2 Å². The van der Waals surface area contributed by atoms with E-state index in [9.17, 15) is 10.1 Å². The van der Waals surface area contributed by atoms with Crippen LogP contribution in [0.15, 0.2) is 47.0 Å². The van der Waals surface area contributed by atoms with Crippen molar-refractivity contribution in [1.82, 2.24) is 4.98 Å². The smallest absolute Gasteiger partial charge is 0.269 e. The van der Waals surface area contributed by atoms with Crippen LogP contribution in [-0.4, -0.2) is 9.91 Å². The van der Waals surface area contributed by atoms with Gasteiger partial charge in [-0.2, -0.15) is 0 Å². The van der Waals surface area contributed by atoms with E-state index in [-0.39, 0.29) is 10.6 Å². The van der Waals surface area contributed by atoms with E-state index in [1.807, 2.05) is 13.0 Å². The maximum atomic E-state index is 11.0. The number of rotatable bonds is 2. The highest BCUT2D eigenvalue weighted by atomic mass is 16.6. The number of nitro benzene ring substituents is 1. The lowest BCUT2D eigenvalue weighted by molar-refractivity contribution is -0.384. The number of nitrogens with zero attached hydrogens (tertiary/aromatic N) is 2. The summed E-state index contributed by atoms with van der Waals surface area (Å²) in [6.07, 6.45) is 6.48. The maximum Gasteiger partial charge on any atom is 0.269 e. The zero-order valence-electron chi connectivity index (χ0n) is 15.0. The van der Waals surface area contributed by atoms with Gasteiger partial charge in [0, 0.05) is 34.7 Å². The molecule has 0 saturated heterocycles. The molecule has 0 amide bonds. The zero-order valence-corrected chi connectivity index (χ0v) is 15.0. The van der Waals surface area contributed by atoms with Gasteiger partial charge in [-0.15, -0.1) is 0 Å². The second-order valence-electron chi connectivity index (χ2n) is 7.22. The molecule has 4 aromatic rings.